The van der Waals surface area contributed by atoms with Gasteiger partial charge in [-0.3, -0.25) is 4.79 Å². The van der Waals surface area contributed by atoms with Gasteiger partial charge in [0.05, 0.1) is 24.7 Å². The summed E-state index contributed by atoms with van der Waals surface area (Å²) in [6.45, 7) is -1.54. The molecule has 0 amide bonds. The topological polar surface area (TPSA) is 59.3 Å². The number of ether oxygens (including phenoxy) is 2. The molecule has 19 heavy (non-hydrogen) atoms. The molecule has 1 aromatic rings. The molecule has 0 fully saturated rings. The van der Waals surface area contributed by atoms with Gasteiger partial charge >= 0.3 is 12.6 Å². The van der Waals surface area contributed by atoms with Gasteiger partial charge in [0.1, 0.15) is 0 Å². The fraction of sp³-hybridized carbons (Fsp3) is 0.333. The fourth-order valence-electron chi connectivity index (χ4n) is 1.40. The highest BCUT2D eigenvalue weighted by molar-refractivity contribution is 5.73. The summed E-state index contributed by atoms with van der Waals surface area (Å²) >= 11 is 0. The molecule has 0 aliphatic heterocycles. The largest absolute Gasteiger partial charge is 0.466 e. The van der Waals surface area contributed by atoms with Gasteiger partial charge in [0.15, 0.2) is 11.6 Å². The van der Waals surface area contributed by atoms with Crippen LogP contribution in [0.3, 0.4) is 0 Å². The van der Waals surface area contributed by atoms with Gasteiger partial charge in [0, 0.05) is 11.6 Å². The van der Waals surface area contributed by atoms with Crippen molar-refractivity contribution in [1.29, 1.82) is 5.26 Å². The van der Waals surface area contributed by atoms with E-state index in [4.69, 9.17) is 5.26 Å². The van der Waals surface area contributed by atoms with Crippen molar-refractivity contribution in [3.8, 4) is 11.8 Å². The average Bonchev–Trinajstić information content (AvgIpc) is 2.33. The minimum atomic E-state index is -3.22. The summed E-state index contributed by atoms with van der Waals surface area (Å²) in [7, 11) is 0. The molecular weight excluding hydrogens is 263 g/mol. The van der Waals surface area contributed by atoms with E-state index in [0.717, 1.165) is 12.1 Å². The normalized spacial score (nSPS) is 10.1. The number of nitriles is 1. The zero-order chi connectivity index (χ0) is 14.4. The number of hydrogen-bond acceptors (Lipinski definition) is 4. The van der Waals surface area contributed by atoms with Gasteiger partial charge in [0.2, 0.25) is 0 Å². The number of esters is 1. The second kappa shape index (κ2) is 6.64. The molecule has 0 heterocycles. The standard InChI is InChI=1S/C12H10F3NO3/c1-2-18-10(17)5-8-3-7(6-16)4-9(11(8)13)19-12(14)15/h3-4,12H,2,5H2,1H3. The summed E-state index contributed by atoms with van der Waals surface area (Å²) in [4.78, 5) is 11.2. The number of halogens is 3. The van der Waals surface area contributed by atoms with Crippen LogP contribution in [-0.2, 0) is 16.0 Å². The highest BCUT2D eigenvalue weighted by Crippen LogP contribution is 2.25. The lowest BCUT2D eigenvalue weighted by molar-refractivity contribution is -0.142. The molecule has 102 valence electrons. The first-order valence-corrected chi connectivity index (χ1v) is 5.30. The zero-order valence-electron chi connectivity index (χ0n) is 9.95. The first-order chi connectivity index (χ1) is 8.97. The molecular formula is C12H10F3NO3. The van der Waals surface area contributed by atoms with Crippen LogP contribution in [0.15, 0.2) is 12.1 Å². The third-order valence-electron chi connectivity index (χ3n) is 2.10. The molecule has 0 N–H and O–H groups in total. The number of benzene rings is 1. The van der Waals surface area contributed by atoms with Crippen LogP contribution in [0.25, 0.3) is 0 Å². The lowest BCUT2D eigenvalue weighted by atomic mass is 10.1. The van der Waals surface area contributed by atoms with E-state index in [0.29, 0.717) is 0 Å². The van der Waals surface area contributed by atoms with Crippen LogP contribution in [0.5, 0.6) is 5.75 Å². The minimum absolute atomic E-state index is 0.0867. The molecule has 7 heteroatoms. The van der Waals surface area contributed by atoms with E-state index >= 15 is 0 Å². The third kappa shape index (κ3) is 4.17. The highest BCUT2D eigenvalue weighted by Gasteiger charge is 2.18. The Morgan fingerprint density at radius 1 is 1.47 bits per heavy atom. The number of nitrogens with zero attached hydrogens (tertiary/aromatic N) is 1. The lowest BCUT2D eigenvalue weighted by Crippen LogP contribution is -2.11. The van der Waals surface area contributed by atoms with Crippen molar-refractivity contribution in [1.82, 2.24) is 0 Å². The van der Waals surface area contributed by atoms with Gasteiger partial charge < -0.3 is 9.47 Å². The van der Waals surface area contributed by atoms with Crippen molar-refractivity contribution in [2.45, 2.75) is 20.0 Å². The average molecular weight is 273 g/mol. The predicted octanol–water partition coefficient (Wildman–Crippen LogP) is 2.40. The molecule has 0 radical (unpaired) electrons. The van der Waals surface area contributed by atoms with Crippen molar-refractivity contribution in [3.05, 3.63) is 29.1 Å². The maximum atomic E-state index is 13.8. The summed E-state index contributed by atoms with van der Waals surface area (Å²) in [5.41, 5.74) is -0.315. The Morgan fingerprint density at radius 3 is 2.68 bits per heavy atom. The number of carbonyl (C=O) groups is 1. The van der Waals surface area contributed by atoms with E-state index in [1.54, 1.807) is 13.0 Å². The predicted molar refractivity (Wildman–Crippen MR) is 58.1 cm³/mol. The van der Waals surface area contributed by atoms with Gasteiger partial charge in [-0.2, -0.15) is 14.0 Å². The Balaban J connectivity index is 3.09. The first-order valence-electron chi connectivity index (χ1n) is 5.30. The molecule has 1 rings (SSSR count). The summed E-state index contributed by atoms with van der Waals surface area (Å²) in [5, 5.41) is 8.72. The molecule has 0 bridgehead atoms. The summed E-state index contributed by atoms with van der Waals surface area (Å²) in [6.07, 6.45) is -0.464. The molecule has 0 atom stereocenters. The maximum Gasteiger partial charge on any atom is 0.387 e. The third-order valence-corrected chi connectivity index (χ3v) is 2.10. The Morgan fingerprint density at radius 2 is 2.16 bits per heavy atom. The minimum Gasteiger partial charge on any atom is -0.466 e. The monoisotopic (exact) mass is 273 g/mol. The second-order valence-corrected chi connectivity index (χ2v) is 3.42. The van der Waals surface area contributed by atoms with Crippen molar-refractivity contribution in [3.63, 3.8) is 0 Å². The van der Waals surface area contributed by atoms with Crippen molar-refractivity contribution in [2.75, 3.05) is 6.61 Å². The molecule has 0 unspecified atom stereocenters. The molecule has 0 saturated carbocycles. The van der Waals surface area contributed by atoms with E-state index in [1.165, 1.54) is 0 Å². The van der Waals surface area contributed by atoms with Gasteiger partial charge in [-0.05, 0) is 13.0 Å². The van der Waals surface area contributed by atoms with E-state index < -0.39 is 30.6 Å². The molecule has 0 spiro atoms. The van der Waals surface area contributed by atoms with Crippen LogP contribution in [-0.4, -0.2) is 19.2 Å². The Bertz CT molecular complexity index is 512. The molecule has 0 aliphatic rings. The van der Waals surface area contributed by atoms with Gasteiger partial charge in [-0.1, -0.05) is 0 Å². The number of carbonyl (C=O) groups excluding carboxylic acids is 1. The quantitative estimate of drug-likeness (QED) is 0.773. The second-order valence-electron chi connectivity index (χ2n) is 3.42. The summed E-state index contributed by atoms with van der Waals surface area (Å²) in [6, 6.07) is 3.60. The van der Waals surface area contributed by atoms with Crippen molar-refractivity contribution in [2.24, 2.45) is 0 Å². The molecule has 4 nitrogen and oxygen atoms in total. The number of alkyl halides is 2. The van der Waals surface area contributed by atoms with Crippen molar-refractivity contribution >= 4 is 5.97 Å². The fourth-order valence-corrected chi connectivity index (χ4v) is 1.40. The Kier molecular flexibility index (Phi) is 5.18. The van der Waals surface area contributed by atoms with Crippen LogP contribution in [0.4, 0.5) is 13.2 Å². The molecule has 0 aliphatic carbocycles. The summed E-state index contributed by atoms with van der Waals surface area (Å²) in [5.74, 6) is -2.60. The molecule has 0 aromatic heterocycles. The SMILES string of the molecule is CCOC(=O)Cc1cc(C#N)cc(OC(F)F)c1F. The van der Waals surface area contributed by atoms with Crippen LogP contribution >= 0.6 is 0 Å². The van der Waals surface area contributed by atoms with Crippen LogP contribution < -0.4 is 4.74 Å². The number of hydrogen-bond donors (Lipinski definition) is 0. The number of rotatable bonds is 5. The van der Waals surface area contributed by atoms with Gasteiger partial charge in [-0.25, -0.2) is 4.39 Å². The Hall–Kier alpha value is -2.23. The van der Waals surface area contributed by atoms with E-state index in [-0.39, 0.29) is 17.7 Å². The van der Waals surface area contributed by atoms with E-state index in [2.05, 4.69) is 9.47 Å². The van der Waals surface area contributed by atoms with Crippen LogP contribution in [0.2, 0.25) is 0 Å². The first kappa shape index (κ1) is 14.8. The van der Waals surface area contributed by atoms with Crippen molar-refractivity contribution < 1.29 is 27.4 Å². The van der Waals surface area contributed by atoms with Gasteiger partial charge in [-0.15, -0.1) is 0 Å². The molecule has 1 aromatic carbocycles. The smallest absolute Gasteiger partial charge is 0.387 e. The zero-order valence-corrected chi connectivity index (χ0v) is 9.95. The highest BCUT2D eigenvalue weighted by atomic mass is 19.3. The van der Waals surface area contributed by atoms with Gasteiger partial charge in [0.25, 0.3) is 0 Å². The summed E-state index contributed by atoms with van der Waals surface area (Å²) < 4.78 is 46.5. The van der Waals surface area contributed by atoms with E-state index in [9.17, 15) is 18.0 Å². The molecule has 0 saturated heterocycles. The van der Waals surface area contributed by atoms with E-state index in [1.807, 2.05) is 0 Å². The van der Waals surface area contributed by atoms with Crippen LogP contribution in [0.1, 0.15) is 18.1 Å². The lowest BCUT2D eigenvalue weighted by Gasteiger charge is -2.10. The maximum absolute atomic E-state index is 13.8. The Labute approximate surface area is 107 Å². The van der Waals surface area contributed by atoms with Crippen LogP contribution in [0, 0.1) is 17.1 Å².